The fourth-order valence-corrected chi connectivity index (χ4v) is 11.9. The first-order valence-electron chi connectivity index (χ1n) is 24.0. The van der Waals surface area contributed by atoms with Gasteiger partial charge in [-0.15, -0.1) is 0 Å². The Kier molecular flexibility index (Phi) is 9.70. The molecule has 324 valence electrons. The standard InChI is InChI=1S/C68H47N/c1-5-20-48(21-6-1)50-22-19-23-51(46-50)49-36-40-56(41-37-49)69(57-42-38-55(39-43-57)67(52-24-7-2-8-25-52)63-33-16-13-30-59(63)60-31-14-17-34-64(60)67)58-44-45-62-61-32-15-18-35-65(61)68(66(62)47-58,53-26-9-3-10-27-53)54-28-11-4-12-29-54/h1-47H. The summed E-state index contributed by atoms with van der Waals surface area (Å²) in [6, 6.07) is 105. The molecular formula is C68H47N. The Morgan fingerprint density at radius 1 is 0.203 bits per heavy atom. The predicted octanol–water partition coefficient (Wildman–Crippen LogP) is 17.2. The summed E-state index contributed by atoms with van der Waals surface area (Å²) < 4.78 is 0. The van der Waals surface area contributed by atoms with E-state index in [4.69, 9.17) is 0 Å². The average molecular weight is 878 g/mol. The molecule has 0 fully saturated rings. The van der Waals surface area contributed by atoms with Gasteiger partial charge in [0.2, 0.25) is 0 Å². The van der Waals surface area contributed by atoms with Crippen LogP contribution in [0.1, 0.15) is 44.5 Å². The molecule has 0 aromatic heterocycles. The minimum atomic E-state index is -0.529. The molecule has 13 rings (SSSR count). The lowest BCUT2D eigenvalue weighted by atomic mass is 9.67. The van der Waals surface area contributed by atoms with Crippen LogP contribution in [-0.2, 0) is 10.8 Å². The van der Waals surface area contributed by atoms with E-state index in [0.29, 0.717) is 0 Å². The smallest absolute Gasteiger partial charge is 0.0714 e. The van der Waals surface area contributed by atoms with Gasteiger partial charge < -0.3 is 4.90 Å². The van der Waals surface area contributed by atoms with Gasteiger partial charge in [-0.25, -0.2) is 0 Å². The van der Waals surface area contributed by atoms with Crippen LogP contribution in [0.25, 0.3) is 44.5 Å². The summed E-state index contributed by atoms with van der Waals surface area (Å²) in [6.07, 6.45) is 0. The summed E-state index contributed by atoms with van der Waals surface area (Å²) in [7, 11) is 0. The zero-order valence-electron chi connectivity index (χ0n) is 38.1. The number of benzene rings is 11. The first kappa shape index (κ1) is 40.5. The minimum Gasteiger partial charge on any atom is -0.310 e. The van der Waals surface area contributed by atoms with Crippen LogP contribution in [0.2, 0.25) is 0 Å². The summed E-state index contributed by atoms with van der Waals surface area (Å²) in [6.45, 7) is 0. The van der Waals surface area contributed by atoms with Crippen molar-refractivity contribution in [1.82, 2.24) is 0 Å². The van der Waals surface area contributed by atoms with Crippen molar-refractivity contribution >= 4 is 17.1 Å². The lowest BCUT2D eigenvalue weighted by molar-refractivity contribution is 0.768. The van der Waals surface area contributed by atoms with E-state index in [1.54, 1.807) is 0 Å². The van der Waals surface area contributed by atoms with E-state index in [1.165, 1.54) is 89.0 Å². The van der Waals surface area contributed by atoms with Crippen molar-refractivity contribution in [3.05, 3.63) is 330 Å². The normalized spacial score (nSPS) is 13.4. The molecule has 0 atom stereocenters. The van der Waals surface area contributed by atoms with Crippen molar-refractivity contribution < 1.29 is 0 Å². The number of hydrogen-bond donors (Lipinski definition) is 0. The van der Waals surface area contributed by atoms with Crippen LogP contribution in [0, 0.1) is 0 Å². The van der Waals surface area contributed by atoms with Gasteiger partial charge in [0, 0.05) is 17.1 Å². The highest BCUT2D eigenvalue weighted by Gasteiger charge is 2.47. The second kappa shape index (κ2) is 16.5. The molecule has 0 spiro atoms. The molecule has 1 heteroatoms. The molecule has 0 saturated carbocycles. The van der Waals surface area contributed by atoms with E-state index >= 15 is 0 Å². The number of rotatable bonds is 9. The lowest BCUT2D eigenvalue weighted by Crippen LogP contribution is -2.29. The summed E-state index contributed by atoms with van der Waals surface area (Å²) in [5.41, 5.74) is 22.3. The molecule has 11 aromatic rings. The molecule has 1 nitrogen and oxygen atoms in total. The predicted molar refractivity (Wildman–Crippen MR) is 287 cm³/mol. The van der Waals surface area contributed by atoms with Crippen LogP contribution in [0.15, 0.2) is 285 Å². The molecule has 69 heavy (non-hydrogen) atoms. The summed E-state index contributed by atoms with van der Waals surface area (Å²) in [4.78, 5) is 2.45. The van der Waals surface area contributed by atoms with Gasteiger partial charge in [0.25, 0.3) is 0 Å². The number of anilines is 3. The largest absolute Gasteiger partial charge is 0.310 e. The SMILES string of the molecule is c1ccc(-c2cccc(-c3ccc(N(c4ccc(C5(c6ccccc6)c6ccccc6-c6ccccc65)cc4)c4ccc5c(c4)C(c4ccccc4)(c4ccccc4)c4ccccc4-5)cc3)c2)cc1. The van der Waals surface area contributed by atoms with Crippen molar-refractivity contribution in [2.45, 2.75) is 10.8 Å². The fraction of sp³-hybridized carbons (Fsp3) is 0.0294. The van der Waals surface area contributed by atoms with Crippen LogP contribution < -0.4 is 4.90 Å². The van der Waals surface area contributed by atoms with Crippen LogP contribution in [0.5, 0.6) is 0 Å². The van der Waals surface area contributed by atoms with Gasteiger partial charge in [-0.2, -0.15) is 0 Å². The Morgan fingerprint density at radius 2 is 0.536 bits per heavy atom. The molecule has 0 unspecified atom stereocenters. The quantitative estimate of drug-likeness (QED) is 0.140. The minimum absolute atomic E-state index is 0.488. The molecule has 0 N–H and O–H groups in total. The lowest BCUT2D eigenvalue weighted by Gasteiger charge is -2.35. The molecule has 0 amide bonds. The molecule has 0 radical (unpaired) electrons. The maximum Gasteiger partial charge on any atom is 0.0714 e. The fourth-order valence-electron chi connectivity index (χ4n) is 11.9. The van der Waals surface area contributed by atoms with Gasteiger partial charge in [-0.05, 0) is 131 Å². The Morgan fingerprint density at radius 3 is 1.01 bits per heavy atom. The number of fused-ring (bicyclic) bond motifs is 6. The topological polar surface area (TPSA) is 3.24 Å². The molecule has 0 heterocycles. The van der Waals surface area contributed by atoms with Crippen LogP contribution in [-0.4, -0.2) is 0 Å². The van der Waals surface area contributed by atoms with Gasteiger partial charge >= 0.3 is 0 Å². The molecule has 2 aliphatic rings. The summed E-state index contributed by atoms with van der Waals surface area (Å²) in [5, 5.41) is 0. The second-order valence-corrected chi connectivity index (χ2v) is 18.3. The molecule has 0 saturated heterocycles. The van der Waals surface area contributed by atoms with Gasteiger partial charge in [0.05, 0.1) is 10.8 Å². The molecule has 0 bridgehead atoms. The van der Waals surface area contributed by atoms with Crippen molar-refractivity contribution in [2.75, 3.05) is 4.90 Å². The van der Waals surface area contributed by atoms with E-state index in [1.807, 2.05) is 0 Å². The third-order valence-electron chi connectivity index (χ3n) is 14.8. The van der Waals surface area contributed by atoms with Gasteiger partial charge in [-0.1, -0.05) is 243 Å². The Balaban J connectivity index is 1.01. The second-order valence-electron chi connectivity index (χ2n) is 18.3. The van der Waals surface area contributed by atoms with Crippen LogP contribution in [0.4, 0.5) is 17.1 Å². The van der Waals surface area contributed by atoms with Gasteiger partial charge in [0.1, 0.15) is 0 Å². The van der Waals surface area contributed by atoms with E-state index in [-0.39, 0.29) is 0 Å². The average Bonchev–Trinajstić information content (AvgIpc) is 3.91. The Labute approximate surface area is 404 Å². The molecular weight excluding hydrogens is 831 g/mol. The van der Waals surface area contributed by atoms with Crippen molar-refractivity contribution in [3.63, 3.8) is 0 Å². The molecule has 0 aliphatic heterocycles. The van der Waals surface area contributed by atoms with Crippen molar-refractivity contribution in [3.8, 4) is 44.5 Å². The third kappa shape index (κ3) is 6.32. The maximum absolute atomic E-state index is 2.47. The first-order valence-corrected chi connectivity index (χ1v) is 24.0. The van der Waals surface area contributed by atoms with E-state index in [2.05, 4.69) is 290 Å². The van der Waals surface area contributed by atoms with Crippen molar-refractivity contribution in [2.24, 2.45) is 0 Å². The monoisotopic (exact) mass is 877 g/mol. The third-order valence-corrected chi connectivity index (χ3v) is 14.8. The zero-order valence-corrected chi connectivity index (χ0v) is 38.1. The first-order chi connectivity index (χ1) is 34.2. The highest BCUT2D eigenvalue weighted by atomic mass is 15.1. The summed E-state index contributed by atoms with van der Waals surface area (Å²) in [5.74, 6) is 0. The Hall–Kier alpha value is -8.78. The highest BCUT2D eigenvalue weighted by Crippen LogP contribution is 2.59. The Bertz CT molecular complexity index is 3550. The van der Waals surface area contributed by atoms with E-state index < -0.39 is 10.8 Å². The van der Waals surface area contributed by atoms with E-state index in [9.17, 15) is 0 Å². The molecule has 2 aliphatic carbocycles. The number of nitrogens with zero attached hydrogens (tertiary/aromatic N) is 1. The zero-order chi connectivity index (χ0) is 45.8. The van der Waals surface area contributed by atoms with Crippen molar-refractivity contribution in [1.29, 1.82) is 0 Å². The summed E-state index contributed by atoms with van der Waals surface area (Å²) >= 11 is 0. The van der Waals surface area contributed by atoms with Gasteiger partial charge in [-0.3, -0.25) is 0 Å². The van der Waals surface area contributed by atoms with Gasteiger partial charge in [0.15, 0.2) is 0 Å². The van der Waals surface area contributed by atoms with E-state index in [0.717, 1.165) is 17.1 Å². The maximum atomic E-state index is 2.47. The number of hydrogen-bond acceptors (Lipinski definition) is 1. The van der Waals surface area contributed by atoms with Crippen LogP contribution >= 0.6 is 0 Å². The van der Waals surface area contributed by atoms with Crippen LogP contribution in [0.3, 0.4) is 0 Å². The molecule has 11 aromatic carbocycles. The highest BCUT2D eigenvalue weighted by molar-refractivity contribution is 5.91.